The first-order chi connectivity index (χ1) is 16.2. The normalized spacial score (nSPS) is 16.5. The van der Waals surface area contributed by atoms with E-state index in [1.54, 1.807) is 36.7 Å². The Kier molecular flexibility index (Phi) is 5.59. The Morgan fingerprint density at radius 2 is 2.03 bits per heavy atom. The zero-order chi connectivity index (χ0) is 24.0. The van der Waals surface area contributed by atoms with Crippen LogP contribution in [-0.2, 0) is 14.8 Å². The van der Waals surface area contributed by atoms with E-state index < -0.39 is 27.8 Å². The molecule has 1 unspecified atom stereocenters. The number of halogens is 2. The first kappa shape index (κ1) is 22.5. The van der Waals surface area contributed by atoms with Gasteiger partial charge in [-0.1, -0.05) is 23.2 Å². The molecule has 4 aromatic rings. The fraction of sp³-hybridized carbons (Fsp3) is 0.136. The fourth-order valence-electron chi connectivity index (χ4n) is 3.92. The van der Waals surface area contributed by atoms with Crippen LogP contribution in [0.4, 0.5) is 5.69 Å². The van der Waals surface area contributed by atoms with E-state index in [2.05, 4.69) is 9.97 Å². The molecule has 1 aromatic carbocycles. The number of rotatable bonds is 6. The molecule has 0 fully saturated rings. The first-order valence-electron chi connectivity index (χ1n) is 10.1. The number of hydrogen-bond acceptors (Lipinski definition) is 5. The van der Waals surface area contributed by atoms with Crippen LogP contribution in [0.15, 0.2) is 77.5 Å². The van der Waals surface area contributed by atoms with Crippen molar-refractivity contribution in [2.24, 2.45) is 0 Å². The van der Waals surface area contributed by atoms with Crippen molar-refractivity contribution in [2.45, 2.75) is 11.7 Å². The molecule has 0 bridgehead atoms. The molecule has 0 saturated heterocycles. The third-order valence-corrected chi connectivity index (χ3v) is 8.00. The summed E-state index contributed by atoms with van der Waals surface area (Å²) in [5, 5.41) is 9.55. The molecule has 1 atom stereocenters. The second kappa shape index (κ2) is 8.46. The minimum atomic E-state index is -4.13. The second-order valence-electron chi connectivity index (χ2n) is 7.70. The largest absolute Gasteiger partial charge is 0.480 e. The van der Waals surface area contributed by atoms with Crippen LogP contribution in [-0.4, -0.2) is 50.2 Å². The Morgan fingerprint density at radius 3 is 2.79 bits per heavy atom. The summed E-state index contributed by atoms with van der Waals surface area (Å²) in [5.74, 6) is -0.640. The maximum atomic E-state index is 13.4. The van der Waals surface area contributed by atoms with Gasteiger partial charge in [0.1, 0.15) is 11.8 Å². The summed E-state index contributed by atoms with van der Waals surface area (Å²) >= 11 is 12.1. The van der Waals surface area contributed by atoms with Crippen molar-refractivity contribution in [1.29, 1.82) is 0 Å². The summed E-state index contributed by atoms with van der Waals surface area (Å²) in [4.78, 5) is 20.2. The van der Waals surface area contributed by atoms with Gasteiger partial charge in [-0.05, 0) is 36.4 Å². The van der Waals surface area contributed by atoms with E-state index in [1.807, 2.05) is 27.6 Å². The molecule has 0 saturated carbocycles. The Hall–Kier alpha value is -3.34. The van der Waals surface area contributed by atoms with Crippen molar-refractivity contribution in [2.75, 3.05) is 10.8 Å². The average molecular weight is 518 g/mol. The molecule has 5 rings (SSSR count). The van der Waals surface area contributed by atoms with Crippen molar-refractivity contribution >= 4 is 61.4 Å². The number of carbonyl (C=O) groups is 1. The number of aliphatic carboxylic acids is 1. The van der Waals surface area contributed by atoms with Gasteiger partial charge in [-0.25, -0.2) is 18.4 Å². The van der Waals surface area contributed by atoms with Crippen LogP contribution in [0.5, 0.6) is 0 Å². The van der Waals surface area contributed by atoms with Gasteiger partial charge in [-0.2, -0.15) is 0 Å². The Bertz CT molecular complexity index is 1610. The van der Waals surface area contributed by atoms with Gasteiger partial charge in [0.2, 0.25) is 10.0 Å². The molecule has 1 aliphatic rings. The lowest BCUT2D eigenvalue weighted by molar-refractivity contribution is -0.135. The number of nitrogens with zero attached hydrogens (tertiary/aromatic N) is 5. The number of benzene rings is 1. The minimum Gasteiger partial charge on any atom is -0.480 e. The molecular weight excluding hydrogens is 501 g/mol. The van der Waals surface area contributed by atoms with E-state index >= 15 is 0 Å². The van der Waals surface area contributed by atoms with Crippen LogP contribution < -0.4 is 4.31 Å². The highest BCUT2D eigenvalue weighted by Gasteiger charge is 2.34. The van der Waals surface area contributed by atoms with Gasteiger partial charge in [0.15, 0.2) is 11.5 Å². The predicted octanol–water partition coefficient (Wildman–Crippen LogP) is 3.91. The van der Waals surface area contributed by atoms with E-state index in [0.29, 0.717) is 16.9 Å². The van der Waals surface area contributed by atoms with E-state index in [4.69, 9.17) is 23.2 Å². The van der Waals surface area contributed by atoms with Gasteiger partial charge in [0.25, 0.3) is 0 Å². The lowest BCUT2D eigenvalue weighted by Gasteiger charge is -2.28. The van der Waals surface area contributed by atoms with Crippen LogP contribution in [0.2, 0.25) is 0 Å². The van der Waals surface area contributed by atoms with Crippen LogP contribution in [0.25, 0.3) is 22.4 Å². The molecule has 0 radical (unpaired) electrons. The zero-order valence-corrected chi connectivity index (χ0v) is 19.7. The van der Waals surface area contributed by atoms with Crippen molar-refractivity contribution in [3.8, 4) is 5.82 Å². The quantitative estimate of drug-likeness (QED) is 0.415. The summed E-state index contributed by atoms with van der Waals surface area (Å²) in [5.41, 5.74) is 1.71. The summed E-state index contributed by atoms with van der Waals surface area (Å²) in [6, 6.07) is 6.74. The van der Waals surface area contributed by atoms with Gasteiger partial charge in [-0.15, -0.1) is 0 Å². The number of sulfonamides is 1. The Balaban J connectivity index is 1.55. The number of anilines is 1. The molecule has 3 heterocycles. The van der Waals surface area contributed by atoms with E-state index in [9.17, 15) is 18.3 Å². The summed E-state index contributed by atoms with van der Waals surface area (Å²) in [6.45, 7) is -0.739. The van der Waals surface area contributed by atoms with Crippen LogP contribution >= 0.6 is 23.2 Å². The smallest absolute Gasteiger partial charge is 0.324 e. The van der Waals surface area contributed by atoms with Crippen molar-refractivity contribution < 1.29 is 18.3 Å². The fourth-order valence-corrected chi connectivity index (χ4v) is 6.44. The molecule has 0 amide bonds. The van der Waals surface area contributed by atoms with Crippen LogP contribution in [0.3, 0.4) is 0 Å². The Morgan fingerprint density at radius 1 is 1.21 bits per heavy atom. The van der Waals surface area contributed by atoms with Crippen molar-refractivity contribution in [3.63, 3.8) is 0 Å². The third-order valence-electron chi connectivity index (χ3n) is 5.48. The molecule has 9 nitrogen and oxygen atoms in total. The summed E-state index contributed by atoms with van der Waals surface area (Å²) < 4.78 is 31.4. The van der Waals surface area contributed by atoms with Gasteiger partial charge in [-0.3, -0.25) is 13.7 Å². The molecule has 1 N–H and O–H groups in total. The number of allylic oxidation sites excluding steroid dienone is 3. The van der Waals surface area contributed by atoms with Crippen LogP contribution in [0, 0.1) is 0 Å². The number of aromatic nitrogens is 4. The van der Waals surface area contributed by atoms with E-state index in [-0.39, 0.29) is 22.2 Å². The molecular formula is C22H17Cl2N5O4S. The highest BCUT2D eigenvalue weighted by Crippen LogP contribution is 2.32. The predicted molar refractivity (Wildman–Crippen MR) is 130 cm³/mol. The minimum absolute atomic E-state index is 0.0112. The maximum absolute atomic E-state index is 13.4. The van der Waals surface area contributed by atoms with E-state index in [1.165, 1.54) is 12.2 Å². The third kappa shape index (κ3) is 4.04. The lowest BCUT2D eigenvalue weighted by Crippen LogP contribution is -2.41. The monoisotopic (exact) mass is 517 g/mol. The molecule has 0 aliphatic heterocycles. The molecule has 174 valence electrons. The van der Waals surface area contributed by atoms with Crippen molar-refractivity contribution in [3.05, 3.63) is 77.5 Å². The summed E-state index contributed by atoms with van der Waals surface area (Å²) in [6.07, 6.45) is 11.6. The Labute approximate surface area is 204 Å². The average Bonchev–Trinajstić information content (AvgIpc) is 3.42. The summed E-state index contributed by atoms with van der Waals surface area (Å²) in [7, 11) is -4.13. The maximum Gasteiger partial charge on any atom is 0.324 e. The second-order valence-corrected chi connectivity index (χ2v) is 10.7. The molecule has 34 heavy (non-hydrogen) atoms. The van der Waals surface area contributed by atoms with Gasteiger partial charge < -0.3 is 9.51 Å². The zero-order valence-electron chi connectivity index (χ0n) is 17.4. The van der Waals surface area contributed by atoms with E-state index in [0.717, 1.165) is 9.82 Å². The molecule has 12 heteroatoms. The standard InChI is InChI=1S/C22H17Cl2N5O4S/c23-15-8-16(24)10-18(9-15)34(32,33)29(13-22(30)31)17-1-2-19-14(7-17)3-5-28(19)21-12-27-6-4-25-20(27)11-26-21/h1-9,11-12,18H,10,13H2,(H,30,31). The topological polar surface area (TPSA) is 110 Å². The highest BCUT2D eigenvalue weighted by molar-refractivity contribution is 7.93. The molecule has 1 aliphatic carbocycles. The SMILES string of the molecule is O=C(O)CN(c1ccc2c(ccn2-c2cn3ccnc3cn2)c1)S(=O)(=O)C1C=C(Cl)C=C(Cl)C1. The number of carboxylic acid groups (broad SMARTS) is 1. The van der Waals surface area contributed by atoms with Crippen LogP contribution in [0.1, 0.15) is 6.42 Å². The number of imidazole rings is 1. The molecule has 3 aromatic heterocycles. The number of carboxylic acids is 1. The first-order valence-corrected chi connectivity index (χ1v) is 12.4. The van der Waals surface area contributed by atoms with Crippen molar-refractivity contribution in [1.82, 2.24) is 18.9 Å². The number of fused-ring (bicyclic) bond motifs is 2. The van der Waals surface area contributed by atoms with Gasteiger partial charge >= 0.3 is 5.97 Å². The van der Waals surface area contributed by atoms with Gasteiger partial charge in [0, 0.05) is 40.5 Å². The number of hydrogen-bond donors (Lipinski definition) is 1. The van der Waals surface area contributed by atoms with Gasteiger partial charge in [0.05, 0.1) is 23.6 Å². The lowest BCUT2D eigenvalue weighted by atomic mass is 10.2. The molecule has 0 spiro atoms. The highest BCUT2D eigenvalue weighted by atomic mass is 35.5.